The number of carbonyl (C=O) groups is 2. The second-order valence-electron chi connectivity index (χ2n) is 5.44. The maximum Gasteiger partial charge on any atom is 0.235 e. The predicted octanol–water partition coefficient (Wildman–Crippen LogP) is 1.71. The van der Waals surface area contributed by atoms with Gasteiger partial charge < -0.3 is 15.5 Å². The largest absolute Gasteiger partial charge is 0.340 e. The van der Waals surface area contributed by atoms with Crippen LogP contribution >= 0.6 is 11.8 Å². The van der Waals surface area contributed by atoms with E-state index in [9.17, 15) is 14.0 Å². The first kappa shape index (κ1) is 17.7. The lowest BCUT2D eigenvalue weighted by molar-refractivity contribution is -0.130. The molecule has 1 saturated heterocycles. The van der Waals surface area contributed by atoms with Crippen LogP contribution in [0.15, 0.2) is 24.3 Å². The molecule has 1 unspecified atom stereocenters. The molecule has 1 aromatic carbocycles. The average molecular weight is 339 g/mol. The third-order valence-electron chi connectivity index (χ3n) is 3.59. The van der Waals surface area contributed by atoms with Crippen LogP contribution in [-0.2, 0) is 9.59 Å². The van der Waals surface area contributed by atoms with Gasteiger partial charge in [-0.15, -0.1) is 11.8 Å². The molecule has 126 valence electrons. The van der Waals surface area contributed by atoms with E-state index in [-0.39, 0.29) is 28.6 Å². The fourth-order valence-electron chi connectivity index (χ4n) is 2.33. The van der Waals surface area contributed by atoms with Crippen LogP contribution in [0.5, 0.6) is 0 Å². The minimum atomic E-state index is -0.344. The first-order valence-electron chi connectivity index (χ1n) is 7.73. The van der Waals surface area contributed by atoms with Crippen LogP contribution in [0.25, 0.3) is 0 Å². The number of carbonyl (C=O) groups excluding carboxylic acids is 2. The van der Waals surface area contributed by atoms with E-state index in [0.717, 1.165) is 26.1 Å². The van der Waals surface area contributed by atoms with Crippen molar-refractivity contribution in [3.63, 3.8) is 0 Å². The molecule has 7 heteroatoms. The molecule has 5 nitrogen and oxygen atoms in total. The SMILES string of the molecule is CC(SCC(=O)Nc1ccc(F)cc1)C(=O)N1CCCNCC1. The van der Waals surface area contributed by atoms with Gasteiger partial charge in [-0.2, -0.15) is 0 Å². The van der Waals surface area contributed by atoms with E-state index < -0.39 is 0 Å². The Kier molecular flexibility index (Phi) is 6.85. The molecule has 0 bridgehead atoms. The molecule has 23 heavy (non-hydrogen) atoms. The summed E-state index contributed by atoms with van der Waals surface area (Å²) in [5, 5.41) is 5.70. The molecule has 0 aliphatic carbocycles. The van der Waals surface area contributed by atoms with Crippen molar-refractivity contribution in [3.8, 4) is 0 Å². The third-order valence-corrected chi connectivity index (χ3v) is 4.72. The number of anilines is 1. The molecule has 0 saturated carbocycles. The molecule has 2 rings (SSSR count). The van der Waals surface area contributed by atoms with E-state index in [1.807, 2.05) is 11.8 Å². The molecule has 1 aliphatic heterocycles. The Hall–Kier alpha value is -1.60. The number of thioether (sulfide) groups is 1. The molecule has 0 radical (unpaired) electrons. The van der Waals surface area contributed by atoms with Gasteiger partial charge in [0.1, 0.15) is 5.82 Å². The number of benzene rings is 1. The van der Waals surface area contributed by atoms with Crippen molar-refractivity contribution >= 4 is 29.3 Å². The van der Waals surface area contributed by atoms with Gasteiger partial charge in [-0.1, -0.05) is 0 Å². The van der Waals surface area contributed by atoms with Crippen LogP contribution in [0.2, 0.25) is 0 Å². The van der Waals surface area contributed by atoms with Gasteiger partial charge in [0.15, 0.2) is 0 Å². The molecular formula is C16H22FN3O2S. The zero-order valence-electron chi connectivity index (χ0n) is 13.2. The Labute approximate surface area is 140 Å². The summed E-state index contributed by atoms with van der Waals surface area (Å²) in [5.41, 5.74) is 0.551. The van der Waals surface area contributed by atoms with Gasteiger partial charge in [-0.05, 0) is 44.2 Å². The molecule has 2 amide bonds. The maximum atomic E-state index is 12.8. The zero-order chi connectivity index (χ0) is 16.7. The molecule has 0 spiro atoms. The number of amides is 2. The van der Waals surface area contributed by atoms with Gasteiger partial charge in [0.05, 0.1) is 11.0 Å². The Morgan fingerprint density at radius 1 is 1.30 bits per heavy atom. The van der Waals surface area contributed by atoms with Crippen molar-refractivity contribution in [2.75, 3.05) is 37.2 Å². The summed E-state index contributed by atoms with van der Waals surface area (Å²) >= 11 is 1.32. The molecule has 2 N–H and O–H groups in total. The lowest BCUT2D eigenvalue weighted by Crippen LogP contribution is -2.39. The minimum Gasteiger partial charge on any atom is -0.340 e. The lowest BCUT2D eigenvalue weighted by Gasteiger charge is -2.23. The van der Waals surface area contributed by atoms with Crippen LogP contribution in [0.1, 0.15) is 13.3 Å². The molecule has 0 aromatic heterocycles. The van der Waals surface area contributed by atoms with Gasteiger partial charge in [0.2, 0.25) is 11.8 Å². The Bertz CT molecular complexity index is 531. The first-order chi connectivity index (χ1) is 11.1. The number of hydrogen-bond acceptors (Lipinski definition) is 4. The van der Waals surface area contributed by atoms with E-state index >= 15 is 0 Å². The highest BCUT2D eigenvalue weighted by Crippen LogP contribution is 2.15. The van der Waals surface area contributed by atoms with Crippen LogP contribution < -0.4 is 10.6 Å². The maximum absolute atomic E-state index is 12.8. The van der Waals surface area contributed by atoms with Gasteiger partial charge in [-0.25, -0.2) is 4.39 Å². The summed E-state index contributed by atoms with van der Waals surface area (Å²) < 4.78 is 12.8. The minimum absolute atomic E-state index is 0.0771. The first-order valence-corrected chi connectivity index (χ1v) is 8.77. The number of halogens is 1. The fourth-order valence-corrected chi connectivity index (χ4v) is 3.09. The number of hydrogen-bond donors (Lipinski definition) is 2. The quantitative estimate of drug-likeness (QED) is 0.857. The standard InChI is InChI=1S/C16H22FN3O2S/c1-12(16(22)20-9-2-7-18-8-10-20)23-11-15(21)19-14-5-3-13(17)4-6-14/h3-6,12,18H,2,7-11H2,1H3,(H,19,21). The Balaban J connectivity index is 1.76. The van der Waals surface area contributed by atoms with Crippen molar-refractivity contribution in [1.29, 1.82) is 0 Å². The normalized spacial score (nSPS) is 16.5. The van der Waals surface area contributed by atoms with Gasteiger partial charge in [0, 0.05) is 25.3 Å². The number of rotatable bonds is 5. The lowest BCUT2D eigenvalue weighted by atomic mass is 10.3. The summed E-state index contributed by atoms with van der Waals surface area (Å²) in [7, 11) is 0. The highest BCUT2D eigenvalue weighted by molar-refractivity contribution is 8.01. The molecular weight excluding hydrogens is 317 g/mol. The summed E-state index contributed by atoms with van der Waals surface area (Å²) in [4.78, 5) is 26.1. The van der Waals surface area contributed by atoms with Gasteiger partial charge in [0.25, 0.3) is 0 Å². The van der Waals surface area contributed by atoms with Crippen LogP contribution in [0.3, 0.4) is 0 Å². The van der Waals surface area contributed by atoms with Crippen molar-refractivity contribution in [1.82, 2.24) is 10.2 Å². The van der Waals surface area contributed by atoms with Crippen LogP contribution in [-0.4, -0.2) is 53.9 Å². The van der Waals surface area contributed by atoms with E-state index in [4.69, 9.17) is 0 Å². The van der Waals surface area contributed by atoms with E-state index in [0.29, 0.717) is 12.2 Å². The topological polar surface area (TPSA) is 61.4 Å². The monoisotopic (exact) mass is 339 g/mol. The molecule has 1 atom stereocenters. The second kappa shape index (κ2) is 8.88. The summed E-state index contributed by atoms with van der Waals surface area (Å²) in [6, 6.07) is 5.61. The third kappa shape index (κ3) is 5.84. The molecule has 1 heterocycles. The van der Waals surface area contributed by atoms with Crippen molar-refractivity contribution in [2.45, 2.75) is 18.6 Å². The predicted molar refractivity (Wildman–Crippen MR) is 91.0 cm³/mol. The Morgan fingerprint density at radius 3 is 2.78 bits per heavy atom. The molecule has 1 aliphatic rings. The van der Waals surface area contributed by atoms with E-state index in [1.54, 1.807) is 0 Å². The fraction of sp³-hybridized carbons (Fsp3) is 0.500. The highest BCUT2D eigenvalue weighted by atomic mass is 32.2. The van der Waals surface area contributed by atoms with Crippen LogP contribution in [0.4, 0.5) is 10.1 Å². The van der Waals surface area contributed by atoms with E-state index in [1.165, 1.54) is 36.0 Å². The van der Waals surface area contributed by atoms with Crippen molar-refractivity contribution < 1.29 is 14.0 Å². The summed E-state index contributed by atoms with van der Waals surface area (Å²) in [5.74, 6) is -0.272. The van der Waals surface area contributed by atoms with Crippen molar-refractivity contribution in [3.05, 3.63) is 30.1 Å². The second-order valence-corrected chi connectivity index (χ2v) is 6.77. The number of nitrogens with one attached hydrogen (secondary N) is 2. The summed E-state index contributed by atoms with van der Waals surface area (Å²) in [6.45, 7) is 5.06. The van der Waals surface area contributed by atoms with E-state index in [2.05, 4.69) is 10.6 Å². The summed E-state index contributed by atoms with van der Waals surface area (Å²) in [6.07, 6.45) is 0.953. The molecule has 1 aromatic rings. The highest BCUT2D eigenvalue weighted by Gasteiger charge is 2.22. The van der Waals surface area contributed by atoms with Gasteiger partial charge in [-0.3, -0.25) is 9.59 Å². The van der Waals surface area contributed by atoms with Crippen molar-refractivity contribution in [2.24, 2.45) is 0 Å². The van der Waals surface area contributed by atoms with Crippen LogP contribution in [0, 0.1) is 5.82 Å². The Morgan fingerprint density at radius 2 is 2.04 bits per heavy atom. The number of nitrogens with zero attached hydrogens (tertiary/aromatic N) is 1. The average Bonchev–Trinajstić information content (AvgIpc) is 2.83. The zero-order valence-corrected chi connectivity index (χ0v) is 14.0. The van der Waals surface area contributed by atoms with Gasteiger partial charge >= 0.3 is 0 Å². The smallest absolute Gasteiger partial charge is 0.235 e. The molecule has 1 fully saturated rings.